The van der Waals surface area contributed by atoms with E-state index in [0.29, 0.717) is 38.4 Å². The van der Waals surface area contributed by atoms with Crippen molar-refractivity contribution in [1.29, 1.82) is 0 Å². The van der Waals surface area contributed by atoms with Crippen molar-refractivity contribution < 1.29 is 13.9 Å². The Balaban J connectivity index is 1.28. The molecule has 8 nitrogen and oxygen atoms in total. The van der Waals surface area contributed by atoms with Gasteiger partial charge in [0.25, 0.3) is 5.91 Å². The number of aromatic nitrogens is 2. The summed E-state index contributed by atoms with van der Waals surface area (Å²) in [5.74, 6) is 1.31. The fraction of sp³-hybridized carbons (Fsp3) is 0.231. The van der Waals surface area contributed by atoms with Gasteiger partial charge in [-0.3, -0.25) is 4.79 Å². The molecule has 0 radical (unpaired) electrons. The van der Waals surface area contributed by atoms with E-state index in [0.717, 1.165) is 28.2 Å². The fourth-order valence-corrected chi connectivity index (χ4v) is 4.09. The summed E-state index contributed by atoms with van der Waals surface area (Å²) in [5, 5.41) is 0.729. The predicted molar refractivity (Wildman–Crippen MR) is 129 cm³/mol. The number of amides is 1. The highest BCUT2D eigenvalue weighted by atomic mass is 16.5. The van der Waals surface area contributed by atoms with Crippen LogP contribution in [-0.4, -0.2) is 53.6 Å². The summed E-state index contributed by atoms with van der Waals surface area (Å²) in [7, 11) is 0. The minimum absolute atomic E-state index is 0.0620. The molecule has 172 valence electrons. The Morgan fingerprint density at radius 1 is 1.00 bits per heavy atom. The zero-order valence-electron chi connectivity index (χ0n) is 18.8. The molecule has 1 aliphatic heterocycles. The van der Waals surface area contributed by atoms with Crippen molar-refractivity contribution in [2.45, 2.75) is 6.92 Å². The van der Waals surface area contributed by atoms with Crippen LogP contribution in [0.25, 0.3) is 22.2 Å². The molecule has 2 aromatic heterocycles. The van der Waals surface area contributed by atoms with Gasteiger partial charge in [0, 0.05) is 43.2 Å². The zero-order valence-corrected chi connectivity index (χ0v) is 18.8. The topological polar surface area (TPSA) is 88.8 Å². The number of rotatable bonds is 5. The molecule has 8 heteroatoms. The van der Waals surface area contributed by atoms with Gasteiger partial charge in [-0.15, -0.1) is 0 Å². The molecule has 0 unspecified atom stereocenters. The highest BCUT2D eigenvalue weighted by Gasteiger charge is 2.25. The van der Waals surface area contributed by atoms with Gasteiger partial charge in [-0.1, -0.05) is 18.2 Å². The van der Waals surface area contributed by atoms with Crippen LogP contribution in [0.15, 0.2) is 76.2 Å². The summed E-state index contributed by atoms with van der Waals surface area (Å²) < 4.78 is 10.8. The average Bonchev–Trinajstić information content (AvgIpc) is 2.89. The first kappa shape index (κ1) is 21.6. The zero-order chi connectivity index (χ0) is 23.5. The minimum Gasteiger partial charge on any atom is -0.494 e. The maximum absolute atomic E-state index is 13.0. The lowest BCUT2D eigenvalue weighted by atomic mass is 10.1. The molecular weight excluding hydrogens is 432 g/mol. The number of hydrogen-bond donors (Lipinski definition) is 0. The van der Waals surface area contributed by atoms with Crippen molar-refractivity contribution in [3.63, 3.8) is 0 Å². The standard InChI is InChI=1S/C26H24N4O4/c1-2-33-20-9-7-18(8-10-20)22-16-24(28-17-27-22)29-11-13-30(14-12-29)25(31)21-15-19-5-3-4-6-23(19)34-26(21)32/h3-10,15-17H,2,11-14H2,1H3. The Kier molecular flexibility index (Phi) is 5.95. The molecule has 0 saturated carbocycles. The normalized spacial score (nSPS) is 13.8. The van der Waals surface area contributed by atoms with E-state index in [1.165, 1.54) is 0 Å². The van der Waals surface area contributed by atoms with Crippen LogP contribution in [-0.2, 0) is 0 Å². The van der Waals surface area contributed by atoms with Crippen molar-refractivity contribution in [2.75, 3.05) is 37.7 Å². The lowest BCUT2D eigenvalue weighted by Gasteiger charge is -2.35. The van der Waals surface area contributed by atoms with E-state index in [2.05, 4.69) is 14.9 Å². The summed E-state index contributed by atoms with van der Waals surface area (Å²) in [5.41, 5.74) is 1.72. The number of piperazine rings is 1. The number of nitrogens with zero attached hydrogens (tertiary/aromatic N) is 4. The molecule has 3 heterocycles. The van der Waals surface area contributed by atoms with Crippen LogP contribution in [0.1, 0.15) is 17.3 Å². The van der Waals surface area contributed by atoms with Crippen LogP contribution in [0, 0.1) is 0 Å². The Bertz CT molecular complexity index is 1380. The first-order chi connectivity index (χ1) is 16.6. The number of para-hydroxylation sites is 1. The van der Waals surface area contributed by atoms with E-state index in [1.807, 2.05) is 49.4 Å². The van der Waals surface area contributed by atoms with Crippen LogP contribution in [0.4, 0.5) is 5.82 Å². The molecule has 0 atom stereocenters. The van der Waals surface area contributed by atoms with Gasteiger partial charge in [0.2, 0.25) is 0 Å². The quantitative estimate of drug-likeness (QED) is 0.424. The molecule has 4 aromatic rings. The third-order valence-electron chi connectivity index (χ3n) is 5.88. The largest absolute Gasteiger partial charge is 0.494 e. The summed E-state index contributed by atoms with van der Waals surface area (Å²) in [6.07, 6.45) is 1.55. The molecule has 0 bridgehead atoms. The monoisotopic (exact) mass is 456 g/mol. The van der Waals surface area contributed by atoms with Gasteiger partial charge in [0.05, 0.1) is 12.3 Å². The summed E-state index contributed by atoms with van der Waals surface area (Å²) in [4.78, 5) is 38.1. The maximum atomic E-state index is 13.0. The second-order valence-corrected chi connectivity index (χ2v) is 7.98. The number of hydrogen-bond acceptors (Lipinski definition) is 7. The molecule has 1 saturated heterocycles. The Morgan fingerprint density at radius 3 is 2.53 bits per heavy atom. The number of carbonyl (C=O) groups is 1. The van der Waals surface area contributed by atoms with Crippen LogP contribution < -0.4 is 15.3 Å². The molecule has 5 rings (SSSR count). The minimum atomic E-state index is -0.609. The number of carbonyl (C=O) groups excluding carboxylic acids is 1. The number of fused-ring (bicyclic) bond motifs is 1. The molecule has 2 aromatic carbocycles. The highest BCUT2D eigenvalue weighted by Crippen LogP contribution is 2.24. The van der Waals surface area contributed by atoms with Gasteiger partial charge in [-0.2, -0.15) is 0 Å². The van der Waals surface area contributed by atoms with Crippen molar-refractivity contribution in [1.82, 2.24) is 14.9 Å². The first-order valence-corrected chi connectivity index (χ1v) is 11.2. The lowest BCUT2D eigenvalue weighted by molar-refractivity contribution is 0.0742. The molecule has 1 fully saturated rings. The van der Waals surface area contributed by atoms with Gasteiger partial charge in [-0.05, 0) is 43.3 Å². The number of ether oxygens (including phenoxy) is 1. The molecule has 34 heavy (non-hydrogen) atoms. The maximum Gasteiger partial charge on any atom is 0.349 e. The Hall–Kier alpha value is -4.20. The molecular formula is C26H24N4O4. The average molecular weight is 457 g/mol. The van der Waals surface area contributed by atoms with Crippen LogP contribution in [0.3, 0.4) is 0 Å². The van der Waals surface area contributed by atoms with Gasteiger partial charge in [-0.25, -0.2) is 14.8 Å². The highest BCUT2D eigenvalue weighted by molar-refractivity contribution is 5.96. The summed E-state index contributed by atoms with van der Waals surface area (Å²) in [6, 6.07) is 18.5. The number of benzene rings is 2. The van der Waals surface area contributed by atoms with E-state index >= 15 is 0 Å². The van der Waals surface area contributed by atoms with Crippen molar-refractivity contribution >= 4 is 22.7 Å². The van der Waals surface area contributed by atoms with E-state index in [4.69, 9.17) is 9.15 Å². The SMILES string of the molecule is CCOc1ccc(-c2cc(N3CCN(C(=O)c4cc5ccccc5oc4=O)CC3)ncn2)cc1. The molecule has 1 aliphatic rings. The second kappa shape index (κ2) is 9.35. The van der Waals surface area contributed by atoms with Gasteiger partial charge >= 0.3 is 5.63 Å². The van der Waals surface area contributed by atoms with E-state index in [9.17, 15) is 9.59 Å². The van der Waals surface area contributed by atoms with E-state index in [1.54, 1.807) is 29.4 Å². The fourth-order valence-electron chi connectivity index (χ4n) is 4.09. The Morgan fingerprint density at radius 2 is 1.76 bits per heavy atom. The van der Waals surface area contributed by atoms with Crippen LogP contribution in [0.5, 0.6) is 5.75 Å². The molecule has 0 spiro atoms. The molecule has 1 amide bonds. The first-order valence-electron chi connectivity index (χ1n) is 11.2. The van der Waals surface area contributed by atoms with Crippen molar-refractivity contribution in [3.05, 3.63) is 83.0 Å². The van der Waals surface area contributed by atoms with Gasteiger partial charge in [0.1, 0.15) is 29.0 Å². The molecule has 0 aliphatic carbocycles. The van der Waals surface area contributed by atoms with Crippen molar-refractivity contribution in [2.24, 2.45) is 0 Å². The smallest absolute Gasteiger partial charge is 0.349 e. The van der Waals surface area contributed by atoms with Crippen LogP contribution in [0.2, 0.25) is 0 Å². The van der Waals surface area contributed by atoms with Gasteiger partial charge in [0.15, 0.2) is 0 Å². The Labute approximate surface area is 196 Å². The number of anilines is 1. The third kappa shape index (κ3) is 4.34. The third-order valence-corrected chi connectivity index (χ3v) is 5.88. The molecule has 0 N–H and O–H groups in total. The summed E-state index contributed by atoms with van der Waals surface area (Å²) >= 11 is 0. The van der Waals surface area contributed by atoms with Crippen LogP contribution >= 0.6 is 0 Å². The van der Waals surface area contributed by atoms with Gasteiger partial charge < -0.3 is 19.0 Å². The lowest BCUT2D eigenvalue weighted by Crippen LogP contribution is -2.49. The predicted octanol–water partition coefficient (Wildman–Crippen LogP) is 3.61. The van der Waals surface area contributed by atoms with E-state index in [-0.39, 0.29) is 11.5 Å². The summed E-state index contributed by atoms with van der Waals surface area (Å²) in [6.45, 7) is 4.74. The van der Waals surface area contributed by atoms with E-state index < -0.39 is 5.63 Å². The van der Waals surface area contributed by atoms with Crippen molar-refractivity contribution in [3.8, 4) is 17.0 Å². The second-order valence-electron chi connectivity index (χ2n) is 7.98.